The second-order valence-corrected chi connectivity index (χ2v) is 1.94. The van der Waals surface area contributed by atoms with Gasteiger partial charge in [0.15, 0.2) is 0 Å². The van der Waals surface area contributed by atoms with E-state index in [9.17, 15) is 4.79 Å². The van der Waals surface area contributed by atoms with Gasteiger partial charge in [-0.15, -0.1) is 0 Å². The molecule has 0 aromatic carbocycles. The Hall–Kier alpha value is -1.08. The van der Waals surface area contributed by atoms with Crippen LogP contribution in [0.4, 0.5) is 0 Å². The minimum Gasteiger partial charge on any atom is -0.475 e. The number of aliphatic carboxylic acids is 1. The predicted octanol–water partition coefficient (Wildman–Crippen LogP) is -0.241. The summed E-state index contributed by atoms with van der Waals surface area (Å²) in [6, 6.07) is 0. The normalized spacial score (nSPS) is 21.7. The van der Waals surface area contributed by atoms with Gasteiger partial charge in [-0.1, -0.05) is 0 Å². The van der Waals surface area contributed by atoms with Crippen molar-refractivity contribution in [3.05, 3.63) is 11.4 Å². The molecule has 1 aliphatic heterocycles. The summed E-state index contributed by atoms with van der Waals surface area (Å²) in [5.74, 6) is -1.08. The number of carboxylic acid groups (broad SMARTS) is 1. The molecule has 0 radical (unpaired) electrons. The van der Waals surface area contributed by atoms with Gasteiger partial charge in [0.05, 0.1) is 0 Å². The van der Waals surface area contributed by atoms with Crippen LogP contribution >= 0.6 is 0 Å². The monoisotopic (exact) mass is 127 g/mol. The molecular formula is C5H5NO3. The molecule has 48 valence electrons. The molecule has 0 unspecified atom stereocenters. The molecule has 4 nitrogen and oxygen atoms in total. The van der Waals surface area contributed by atoms with Crippen LogP contribution in [-0.4, -0.2) is 29.8 Å². The van der Waals surface area contributed by atoms with E-state index in [0.29, 0.717) is 0 Å². The van der Waals surface area contributed by atoms with Crippen LogP contribution in [0.5, 0.6) is 0 Å². The van der Waals surface area contributed by atoms with E-state index in [-0.39, 0.29) is 13.2 Å². The molecule has 0 amide bonds. The maximum absolute atomic E-state index is 10.2. The largest absolute Gasteiger partial charge is 0.475 e. The van der Waals surface area contributed by atoms with E-state index in [4.69, 9.17) is 11.7 Å². The van der Waals surface area contributed by atoms with Crippen molar-refractivity contribution in [2.45, 2.75) is 5.54 Å². The van der Waals surface area contributed by atoms with Crippen molar-refractivity contribution in [2.75, 3.05) is 13.2 Å². The lowest BCUT2D eigenvalue weighted by Crippen LogP contribution is -2.53. The molecule has 9 heavy (non-hydrogen) atoms. The fraction of sp³-hybridized carbons (Fsp3) is 0.600. The lowest BCUT2D eigenvalue weighted by atomic mass is 10.00. The second-order valence-electron chi connectivity index (χ2n) is 1.94. The molecule has 1 aliphatic rings. The molecule has 0 bridgehead atoms. The maximum atomic E-state index is 10.2. The summed E-state index contributed by atoms with van der Waals surface area (Å²) in [5, 5.41) is 8.39. The highest BCUT2D eigenvalue weighted by molar-refractivity contribution is 5.82. The minimum atomic E-state index is -1.25. The molecule has 1 saturated heterocycles. The van der Waals surface area contributed by atoms with Crippen LogP contribution < -0.4 is 0 Å². The molecule has 1 rings (SSSR count). The zero-order chi connectivity index (χ0) is 6.91. The number of carboxylic acids is 1. The summed E-state index contributed by atoms with van der Waals surface area (Å²) >= 11 is 0. The Morgan fingerprint density at radius 3 is 2.33 bits per heavy atom. The van der Waals surface area contributed by atoms with Crippen LogP contribution in [0.3, 0.4) is 0 Å². The first-order valence-corrected chi connectivity index (χ1v) is 2.41. The van der Waals surface area contributed by atoms with Crippen molar-refractivity contribution < 1.29 is 14.6 Å². The van der Waals surface area contributed by atoms with Crippen molar-refractivity contribution in [1.82, 2.24) is 0 Å². The summed E-state index contributed by atoms with van der Waals surface area (Å²) in [6.07, 6.45) is 0. The number of hydrogen-bond acceptors (Lipinski definition) is 2. The standard InChI is InChI=1S/C5H5NO3/c1-6-5(4(7)8)2-9-3-5/h2-3H2,(H,7,8). The Morgan fingerprint density at radius 1 is 1.78 bits per heavy atom. The first kappa shape index (κ1) is 6.05. The molecule has 1 heterocycles. The highest BCUT2D eigenvalue weighted by Gasteiger charge is 2.54. The van der Waals surface area contributed by atoms with E-state index in [1.54, 1.807) is 0 Å². The van der Waals surface area contributed by atoms with Gasteiger partial charge in [0.25, 0.3) is 0 Å². The van der Waals surface area contributed by atoms with Gasteiger partial charge in [-0.05, 0) is 0 Å². The highest BCUT2D eigenvalue weighted by atomic mass is 16.5. The zero-order valence-corrected chi connectivity index (χ0v) is 4.63. The zero-order valence-electron chi connectivity index (χ0n) is 4.63. The fourth-order valence-corrected chi connectivity index (χ4v) is 0.531. The number of carbonyl (C=O) groups is 1. The topological polar surface area (TPSA) is 50.9 Å². The Kier molecular flexibility index (Phi) is 1.15. The first-order chi connectivity index (χ1) is 4.21. The maximum Gasteiger partial charge on any atom is 0.396 e. The fourth-order valence-electron chi connectivity index (χ4n) is 0.531. The van der Waals surface area contributed by atoms with Crippen molar-refractivity contribution >= 4 is 5.97 Å². The average molecular weight is 127 g/mol. The highest BCUT2D eigenvalue weighted by Crippen LogP contribution is 2.21. The molecule has 4 heteroatoms. The summed E-state index contributed by atoms with van der Waals surface area (Å²) in [5.41, 5.74) is -1.25. The number of ether oxygens (including phenoxy) is 1. The Morgan fingerprint density at radius 2 is 2.33 bits per heavy atom. The summed E-state index contributed by atoms with van der Waals surface area (Å²) < 4.78 is 4.60. The van der Waals surface area contributed by atoms with Crippen LogP contribution in [0.2, 0.25) is 0 Å². The van der Waals surface area contributed by atoms with E-state index in [0.717, 1.165) is 0 Å². The lowest BCUT2D eigenvalue weighted by molar-refractivity contribution is -0.156. The Bertz CT molecular complexity index is 177. The van der Waals surface area contributed by atoms with E-state index in [2.05, 4.69) is 9.58 Å². The quantitative estimate of drug-likeness (QED) is 0.494. The van der Waals surface area contributed by atoms with Crippen molar-refractivity contribution in [2.24, 2.45) is 0 Å². The van der Waals surface area contributed by atoms with Gasteiger partial charge in [0.2, 0.25) is 0 Å². The Labute approximate surface area is 51.9 Å². The molecule has 0 aromatic heterocycles. The molecule has 0 saturated carbocycles. The van der Waals surface area contributed by atoms with E-state index >= 15 is 0 Å². The number of hydrogen-bond donors (Lipinski definition) is 1. The summed E-state index contributed by atoms with van der Waals surface area (Å²) in [6.45, 7) is 6.57. The van der Waals surface area contributed by atoms with Gasteiger partial charge in [-0.25, -0.2) is 11.4 Å². The molecule has 0 atom stereocenters. The van der Waals surface area contributed by atoms with E-state index < -0.39 is 11.5 Å². The van der Waals surface area contributed by atoms with Crippen molar-refractivity contribution in [3.8, 4) is 0 Å². The third-order valence-corrected chi connectivity index (χ3v) is 1.29. The van der Waals surface area contributed by atoms with Gasteiger partial charge in [-0.3, -0.25) is 4.85 Å². The first-order valence-electron chi connectivity index (χ1n) is 2.41. The number of rotatable bonds is 1. The third-order valence-electron chi connectivity index (χ3n) is 1.29. The van der Waals surface area contributed by atoms with Gasteiger partial charge in [0.1, 0.15) is 13.2 Å². The average Bonchev–Trinajstić information content (AvgIpc) is 1.62. The van der Waals surface area contributed by atoms with Crippen LogP contribution in [-0.2, 0) is 9.53 Å². The van der Waals surface area contributed by atoms with Crippen molar-refractivity contribution in [1.29, 1.82) is 0 Å². The molecule has 1 fully saturated rings. The van der Waals surface area contributed by atoms with Gasteiger partial charge in [0, 0.05) is 0 Å². The SMILES string of the molecule is [C-]#[N+]C1(C(=O)O)COC1. The van der Waals surface area contributed by atoms with Gasteiger partial charge >= 0.3 is 11.5 Å². The van der Waals surface area contributed by atoms with E-state index in [1.807, 2.05) is 0 Å². The van der Waals surface area contributed by atoms with Crippen LogP contribution in [0.1, 0.15) is 0 Å². The predicted molar refractivity (Wildman–Crippen MR) is 27.8 cm³/mol. The molecular weight excluding hydrogens is 122 g/mol. The number of nitrogens with zero attached hydrogens (tertiary/aromatic N) is 1. The molecule has 0 aromatic rings. The molecule has 1 N–H and O–H groups in total. The van der Waals surface area contributed by atoms with Crippen LogP contribution in [0.15, 0.2) is 0 Å². The second kappa shape index (κ2) is 1.71. The summed E-state index contributed by atoms with van der Waals surface area (Å²) in [7, 11) is 0. The molecule has 0 spiro atoms. The van der Waals surface area contributed by atoms with Crippen molar-refractivity contribution in [3.63, 3.8) is 0 Å². The van der Waals surface area contributed by atoms with Gasteiger partial charge in [-0.2, -0.15) is 0 Å². The molecule has 0 aliphatic carbocycles. The van der Waals surface area contributed by atoms with Crippen LogP contribution in [0.25, 0.3) is 4.85 Å². The third kappa shape index (κ3) is 0.661. The van der Waals surface area contributed by atoms with Gasteiger partial charge < -0.3 is 9.84 Å². The van der Waals surface area contributed by atoms with Crippen LogP contribution in [0, 0.1) is 6.57 Å². The van der Waals surface area contributed by atoms with E-state index in [1.165, 1.54) is 0 Å². The lowest BCUT2D eigenvalue weighted by Gasteiger charge is -2.24. The summed E-state index contributed by atoms with van der Waals surface area (Å²) in [4.78, 5) is 13.2. The Balaban J connectivity index is 2.71. The smallest absolute Gasteiger partial charge is 0.396 e. The minimum absolute atomic E-state index is 0.0336.